The van der Waals surface area contributed by atoms with E-state index in [0.29, 0.717) is 36.9 Å². The number of likely N-dealkylation sites (tertiary alicyclic amines) is 1. The van der Waals surface area contributed by atoms with Crippen LogP contribution in [0.1, 0.15) is 61.6 Å². The average Bonchev–Trinajstić information content (AvgIpc) is 3.16. The van der Waals surface area contributed by atoms with Gasteiger partial charge in [0.2, 0.25) is 17.7 Å². The number of fused-ring (bicyclic) bond motifs is 2. The molecule has 0 aliphatic carbocycles. The maximum atomic E-state index is 13.6. The molecule has 54 heavy (non-hydrogen) atoms. The van der Waals surface area contributed by atoms with Gasteiger partial charge >= 0.3 is 0 Å². The van der Waals surface area contributed by atoms with E-state index in [1.54, 1.807) is 25.8 Å². The van der Waals surface area contributed by atoms with Crippen molar-refractivity contribution in [2.45, 2.75) is 83.3 Å². The van der Waals surface area contributed by atoms with Crippen molar-refractivity contribution in [3.05, 3.63) is 63.7 Å². The number of piperazine rings is 1. The van der Waals surface area contributed by atoms with Gasteiger partial charge in [0.15, 0.2) is 0 Å². The zero-order valence-corrected chi connectivity index (χ0v) is 32.1. The molecule has 288 valence electrons. The van der Waals surface area contributed by atoms with Gasteiger partial charge in [-0.3, -0.25) is 24.5 Å². The molecule has 0 saturated carbocycles. The minimum absolute atomic E-state index is 0.00550. The fourth-order valence-electron chi connectivity index (χ4n) is 8.94. The Morgan fingerprint density at radius 2 is 1.63 bits per heavy atom. The lowest BCUT2D eigenvalue weighted by atomic mass is 9.80. The summed E-state index contributed by atoms with van der Waals surface area (Å²) in [6.07, 6.45) is 9.74. The number of rotatable bonds is 10. The summed E-state index contributed by atoms with van der Waals surface area (Å²) in [7, 11) is 5.18. The van der Waals surface area contributed by atoms with E-state index >= 15 is 0 Å². The van der Waals surface area contributed by atoms with Gasteiger partial charge in [-0.25, -0.2) is 4.98 Å². The molecule has 3 N–H and O–H groups in total. The van der Waals surface area contributed by atoms with Crippen molar-refractivity contribution < 1.29 is 23.9 Å². The van der Waals surface area contributed by atoms with Crippen LogP contribution in [0.4, 0.5) is 11.5 Å². The Hall–Kier alpha value is -4.91. The van der Waals surface area contributed by atoms with Crippen LogP contribution in [0.2, 0.25) is 0 Å². The third kappa shape index (κ3) is 7.96. The molecule has 4 aliphatic heterocycles. The Balaban J connectivity index is 0.910. The quantitative estimate of drug-likeness (QED) is 0.263. The smallest absolute Gasteiger partial charge is 0.253 e. The first-order valence-corrected chi connectivity index (χ1v) is 19.3. The van der Waals surface area contributed by atoms with Crippen LogP contribution in [-0.4, -0.2) is 90.7 Å². The third-order valence-electron chi connectivity index (χ3n) is 12.0. The largest absolute Gasteiger partial charge is 0.496 e. The Morgan fingerprint density at radius 1 is 0.944 bits per heavy atom. The number of methoxy groups -OCH3 is 2. The zero-order valence-electron chi connectivity index (χ0n) is 32.1. The van der Waals surface area contributed by atoms with Crippen LogP contribution in [0.5, 0.6) is 11.5 Å². The number of benzene rings is 1. The first-order chi connectivity index (χ1) is 26.0. The number of amides is 3. The van der Waals surface area contributed by atoms with Gasteiger partial charge < -0.3 is 34.5 Å². The second-order valence-electron chi connectivity index (χ2n) is 15.7. The van der Waals surface area contributed by atoms with E-state index in [0.717, 1.165) is 103 Å². The van der Waals surface area contributed by atoms with Crippen LogP contribution in [0.15, 0.2) is 41.5 Å². The summed E-state index contributed by atoms with van der Waals surface area (Å²) in [5.74, 6) is 2.68. The van der Waals surface area contributed by atoms with Crippen molar-refractivity contribution in [1.29, 1.82) is 0 Å². The molecule has 3 unspecified atom stereocenters. The number of aromatic nitrogens is 2. The molecule has 7 rings (SSSR count). The van der Waals surface area contributed by atoms with Gasteiger partial charge in [0.25, 0.3) is 5.56 Å². The molecule has 0 spiro atoms. The maximum Gasteiger partial charge on any atom is 0.253 e. The molecule has 3 aromatic rings. The Morgan fingerprint density at radius 3 is 2.24 bits per heavy atom. The number of aryl methyl sites for hydroxylation is 1. The van der Waals surface area contributed by atoms with E-state index < -0.39 is 6.04 Å². The van der Waals surface area contributed by atoms with Gasteiger partial charge in [-0.1, -0.05) is 0 Å². The summed E-state index contributed by atoms with van der Waals surface area (Å²) >= 11 is 0. The van der Waals surface area contributed by atoms with Crippen molar-refractivity contribution >= 4 is 29.2 Å². The fraction of sp³-hybridized carbons (Fsp3) is 0.537. The number of ether oxygens (including phenoxy) is 2. The standard InChI is InChI=1S/C41H53N7O6/c1-24-25(2)41(52)46(3)23-33(24)28-18-35(53-4)32(36(19-28)54-5)16-27-14-29-21-48(22-30(15-27)43-29)39(50)17-26-10-12-47(13-11-26)31-6-8-37(42-20-31)44-34-7-9-38(49)45-40(34)51/h6,8,18-20,23,26-27,29-30,34,43H,7,9-17,21-22H2,1-5H3,(H,42,44)(H,45,49,51). The van der Waals surface area contributed by atoms with Gasteiger partial charge in [-0.05, 0) is 99.6 Å². The normalized spacial score (nSPS) is 23.2. The van der Waals surface area contributed by atoms with E-state index in [4.69, 9.17) is 9.47 Å². The number of nitrogens with zero attached hydrogens (tertiary/aromatic N) is 4. The molecule has 4 saturated heterocycles. The number of carbonyl (C=O) groups is 3. The summed E-state index contributed by atoms with van der Waals surface area (Å²) in [4.78, 5) is 58.6. The van der Waals surface area contributed by atoms with E-state index in [-0.39, 0.29) is 35.4 Å². The number of piperidine rings is 3. The summed E-state index contributed by atoms with van der Waals surface area (Å²) in [6.45, 7) is 7.04. The van der Waals surface area contributed by atoms with Crippen LogP contribution in [0.3, 0.4) is 0 Å². The van der Waals surface area contributed by atoms with Crippen LogP contribution >= 0.6 is 0 Å². The van der Waals surface area contributed by atoms with E-state index in [1.807, 2.05) is 38.4 Å². The molecular weight excluding hydrogens is 686 g/mol. The highest BCUT2D eigenvalue weighted by molar-refractivity contribution is 6.01. The molecule has 3 amide bonds. The van der Waals surface area contributed by atoms with E-state index in [2.05, 4.69) is 42.9 Å². The highest BCUT2D eigenvalue weighted by atomic mass is 16.5. The van der Waals surface area contributed by atoms with Gasteiger partial charge in [0.1, 0.15) is 23.4 Å². The van der Waals surface area contributed by atoms with E-state index in [1.165, 1.54) is 0 Å². The first-order valence-electron chi connectivity index (χ1n) is 19.3. The minimum Gasteiger partial charge on any atom is -0.496 e. The van der Waals surface area contributed by atoms with Gasteiger partial charge in [0, 0.05) is 81.0 Å². The van der Waals surface area contributed by atoms with Crippen molar-refractivity contribution in [3.8, 4) is 22.6 Å². The van der Waals surface area contributed by atoms with Crippen molar-refractivity contribution in [2.24, 2.45) is 18.9 Å². The zero-order chi connectivity index (χ0) is 38.1. The summed E-state index contributed by atoms with van der Waals surface area (Å²) in [6, 6.07) is 8.06. The SMILES string of the molecule is COc1cc(-c2cn(C)c(=O)c(C)c2C)cc(OC)c1CC1CC2CN(C(=O)CC3CCN(c4ccc(NC5CCC(=O)NC5=O)nc4)CC3)CC(C1)N2. The molecule has 4 fully saturated rings. The van der Waals surface area contributed by atoms with Crippen molar-refractivity contribution in [3.63, 3.8) is 0 Å². The highest BCUT2D eigenvalue weighted by Crippen LogP contribution is 2.40. The maximum absolute atomic E-state index is 13.6. The number of pyridine rings is 2. The first kappa shape index (κ1) is 37.4. The van der Waals surface area contributed by atoms with Crippen LogP contribution in [0.25, 0.3) is 11.1 Å². The molecular formula is C41H53N7O6. The summed E-state index contributed by atoms with van der Waals surface area (Å²) in [5.41, 5.74) is 5.71. The second kappa shape index (κ2) is 15.8. The second-order valence-corrected chi connectivity index (χ2v) is 15.7. The number of hydrogen-bond donors (Lipinski definition) is 3. The Labute approximate surface area is 316 Å². The summed E-state index contributed by atoms with van der Waals surface area (Å²) < 4.78 is 13.5. The lowest BCUT2D eigenvalue weighted by molar-refractivity contribution is -0.135. The lowest BCUT2D eigenvalue weighted by Crippen LogP contribution is -2.61. The average molecular weight is 740 g/mol. The predicted octanol–water partition coefficient (Wildman–Crippen LogP) is 3.73. The number of imide groups is 1. The summed E-state index contributed by atoms with van der Waals surface area (Å²) in [5, 5.41) is 9.29. The van der Waals surface area contributed by atoms with Gasteiger partial charge in [-0.2, -0.15) is 0 Å². The Bertz CT molecular complexity index is 1920. The van der Waals surface area contributed by atoms with Crippen molar-refractivity contribution in [2.75, 3.05) is 50.6 Å². The van der Waals surface area contributed by atoms with Crippen LogP contribution < -0.4 is 35.9 Å². The molecule has 13 nitrogen and oxygen atoms in total. The van der Waals surface area contributed by atoms with Crippen LogP contribution in [0, 0.1) is 25.7 Å². The topological polar surface area (TPSA) is 147 Å². The predicted molar refractivity (Wildman–Crippen MR) is 207 cm³/mol. The molecule has 1 aromatic carbocycles. The van der Waals surface area contributed by atoms with E-state index in [9.17, 15) is 19.2 Å². The van der Waals surface area contributed by atoms with Crippen LogP contribution in [-0.2, 0) is 27.9 Å². The fourth-order valence-corrected chi connectivity index (χ4v) is 8.94. The number of hydrogen-bond acceptors (Lipinski definition) is 10. The molecule has 13 heteroatoms. The number of carbonyl (C=O) groups excluding carboxylic acids is 3. The highest BCUT2D eigenvalue weighted by Gasteiger charge is 2.38. The monoisotopic (exact) mass is 739 g/mol. The Kier molecular flexibility index (Phi) is 11.0. The molecule has 2 aromatic heterocycles. The minimum atomic E-state index is -0.460. The molecule has 0 radical (unpaired) electrons. The van der Waals surface area contributed by atoms with Gasteiger partial charge in [-0.15, -0.1) is 0 Å². The molecule has 6 heterocycles. The molecule has 4 aliphatic rings. The molecule has 3 atom stereocenters. The third-order valence-corrected chi connectivity index (χ3v) is 12.0. The number of nitrogens with one attached hydrogen (secondary N) is 3. The number of anilines is 2. The lowest BCUT2D eigenvalue weighted by Gasteiger charge is -2.46. The van der Waals surface area contributed by atoms with Gasteiger partial charge in [0.05, 0.1) is 26.1 Å². The molecule has 2 bridgehead atoms. The van der Waals surface area contributed by atoms with Crippen molar-refractivity contribution in [1.82, 2.24) is 25.1 Å².